The zero-order valence-corrected chi connectivity index (χ0v) is 19.3. The molecule has 2 N–H and O–H groups in total. The molecule has 32 heavy (non-hydrogen) atoms. The number of anilines is 1. The van der Waals surface area contributed by atoms with Gasteiger partial charge in [0.2, 0.25) is 0 Å². The molecule has 6 heteroatoms. The fourth-order valence-corrected chi connectivity index (χ4v) is 3.89. The van der Waals surface area contributed by atoms with Gasteiger partial charge in [-0.25, -0.2) is 9.97 Å². The number of amides is 1. The standard InChI is InChI=1S/C26H33N5O/c1-5-7-9-19(3)30-26(32)21-14-12-20(13-15-21)10-8-11-22(6-2)31(4)25-23-16-17-27-24(23)28-18-29-25/h5,7,12-18,22H,3,6,8-11H2,1-2,4H3,(H,30,32)(H,27,28,29)/b7-5-. The number of rotatable bonds is 11. The molecule has 6 nitrogen and oxygen atoms in total. The summed E-state index contributed by atoms with van der Waals surface area (Å²) < 4.78 is 0. The number of allylic oxidation sites excluding steroid dienone is 2. The Labute approximate surface area is 190 Å². The summed E-state index contributed by atoms with van der Waals surface area (Å²) in [5.41, 5.74) is 3.46. The Morgan fingerprint density at radius 1 is 1.25 bits per heavy atom. The van der Waals surface area contributed by atoms with Gasteiger partial charge in [-0.3, -0.25) is 4.79 Å². The fraction of sp³-hybridized carbons (Fsp3) is 0.346. The molecule has 1 aromatic carbocycles. The first-order valence-electron chi connectivity index (χ1n) is 11.2. The largest absolute Gasteiger partial charge is 0.356 e. The van der Waals surface area contributed by atoms with Crippen LogP contribution in [-0.4, -0.2) is 33.9 Å². The van der Waals surface area contributed by atoms with Crippen LogP contribution >= 0.6 is 0 Å². The third-order valence-corrected chi connectivity index (χ3v) is 5.80. The van der Waals surface area contributed by atoms with Crippen molar-refractivity contribution in [3.8, 4) is 0 Å². The lowest BCUT2D eigenvalue weighted by molar-refractivity contribution is 0.0965. The van der Waals surface area contributed by atoms with Crippen LogP contribution in [0.2, 0.25) is 0 Å². The highest BCUT2D eigenvalue weighted by Crippen LogP contribution is 2.25. The molecule has 2 aromatic heterocycles. The summed E-state index contributed by atoms with van der Waals surface area (Å²) in [5, 5.41) is 3.90. The number of aromatic nitrogens is 3. The van der Waals surface area contributed by atoms with Gasteiger partial charge in [-0.15, -0.1) is 0 Å². The number of fused-ring (bicyclic) bond motifs is 1. The summed E-state index contributed by atoms with van der Waals surface area (Å²) >= 11 is 0. The predicted octanol–water partition coefficient (Wildman–Crippen LogP) is 5.41. The number of hydrogen-bond donors (Lipinski definition) is 2. The van der Waals surface area contributed by atoms with Gasteiger partial charge < -0.3 is 15.2 Å². The lowest BCUT2D eigenvalue weighted by Crippen LogP contribution is -2.32. The molecule has 3 rings (SSSR count). The van der Waals surface area contributed by atoms with Gasteiger partial charge in [-0.1, -0.05) is 37.8 Å². The van der Waals surface area contributed by atoms with Gasteiger partial charge in [0.15, 0.2) is 0 Å². The maximum Gasteiger partial charge on any atom is 0.255 e. The van der Waals surface area contributed by atoms with Crippen molar-refractivity contribution < 1.29 is 4.79 Å². The van der Waals surface area contributed by atoms with Crippen molar-refractivity contribution in [2.75, 3.05) is 11.9 Å². The van der Waals surface area contributed by atoms with Crippen LogP contribution in [0.4, 0.5) is 5.82 Å². The van der Waals surface area contributed by atoms with Crippen LogP contribution in [-0.2, 0) is 6.42 Å². The van der Waals surface area contributed by atoms with Crippen LogP contribution in [0.25, 0.3) is 11.0 Å². The van der Waals surface area contributed by atoms with E-state index >= 15 is 0 Å². The van der Waals surface area contributed by atoms with E-state index in [0.29, 0.717) is 23.7 Å². The molecular weight excluding hydrogens is 398 g/mol. The van der Waals surface area contributed by atoms with Crippen molar-refractivity contribution in [2.24, 2.45) is 0 Å². The van der Waals surface area contributed by atoms with E-state index in [0.717, 1.165) is 42.5 Å². The molecule has 0 saturated carbocycles. The highest BCUT2D eigenvalue weighted by Gasteiger charge is 2.17. The number of nitrogens with one attached hydrogen (secondary N) is 2. The van der Waals surface area contributed by atoms with Crippen molar-refractivity contribution in [2.45, 2.75) is 52.0 Å². The molecular formula is C26H33N5O. The summed E-state index contributed by atoms with van der Waals surface area (Å²) in [6.45, 7) is 8.06. The number of carbonyl (C=O) groups excluding carboxylic acids is 1. The Hall–Kier alpha value is -3.41. The highest BCUT2D eigenvalue weighted by molar-refractivity contribution is 5.95. The van der Waals surface area contributed by atoms with E-state index in [1.165, 1.54) is 5.56 Å². The second-order valence-corrected chi connectivity index (χ2v) is 8.03. The number of hydrogen-bond acceptors (Lipinski definition) is 4. The van der Waals surface area contributed by atoms with Gasteiger partial charge in [0.1, 0.15) is 17.8 Å². The zero-order chi connectivity index (χ0) is 22.9. The monoisotopic (exact) mass is 431 g/mol. The van der Waals surface area contributed by atoms with Crippen molar-refractivity contribution in [1.29, 1.82) is 0 Å². The minimum atomic E-state index is -0.111. The van der Waals surface area contributed by atoms with Crippen LogP contribution in [0, 0.1) is 0 Å². The van der Waals surface area contributed by atoms with Crippen molar-refractivity contribution in [1.82, 2.24) is 20.3 Å². The fourth-order valence-electron chi connectivity index (χ4n) is 3.89. The number of nitrogens with zero attached hydrogens (tertiary/aromatic N) is 3. The Morgan fingerprint density at radius 2 is 2.03 bits per heavy atom. The van der Waals surface area contributed by atoms with Crippen molar-refractivity contribution >= 4 is 22.8 Å². The normalized spacial score (nSPS) is 12.2. The molecule has 3 aromatic rings. The molecule has 0 radical (unpaired) electrons. The van der Waals surface area contributed by atoms with Gasteiger partial charge in [0.25, 0.3) is 5.91 Å². The Balaban J connectivity index is 1.53. The minimum absolute atomic E-state index is 0.111. The van der Waals surface area contributed by atoms with Gasteiger partial charge >= 0.3 is 0 Å². The molecule has 1 unspecified atom stereocenters. The second-order valence-electron chi connectivity index (χ2n) is 8.03. The maximum absolute atomic E-state index is 12.3. The highest BCUT2D eigenvalue weighted by atomic mass is 16.1. The Kier molecular flexibility index (Phi) is 8.20. The third kappa shape index (κ3) is 5.84. The van der Waals surface area contributed by atoms with E-state index in [1.807, 2.05) is 55.6 Å². The summed E-state index contributed by atoms with van der Waals surface area (Å²) in [5.74, 6) is 0.856. The lowest BCUT2D eigenvalue weighted by Gasteiger charge is -2.28. The van der Waals surface area contributed by atoms with Crippen molar-refractivity contribution in [3.05, 3.63) is 78.4 Å². The summed E-state index contributed by atoms with van der Waals surface area (Å²) in [6, 6.07) is 10.3. The summed E-state index contributed by atoms with van der Waals surface area (Å²) in [4.78, 5) is 26.6. The Bertz CT molecular complexity index is 1070. The molecule has 168 valence electrons. The number of aromatic amines is 1. The van der Waals surface area contributed by atoms with Gasteiger partial charge in [0.05, 0.1) is 5.39 Å². The lowest BCUT2D eigenvalue weighted by atomic mass is 10.0. The first-order valence-corrected chi connectivity index (χ1v) is 11.2. The molecule has 1 atom stereocenters. The number of benzene rings is 1. The number of aryl methyl sites for hydroxylation is 1. The van der Waals surface area contributed by atoms with E-state index in [2.05, 4.69) is 45.7 Å². The molecule has 1 amide bonds. The molecule has 0 spiro atoms. The van der Waals surface area contributed by atoms with E-state index in [9.17, 15) is 4.79 Å². The third-order valence-electron chi connectivity index (χ3n) is 5.80. The average molecular weight is 432 g/mol. The second kappa shape index (κ2) is 11.3. The maximum atomic E-state index is 12.3. The summed E-state index contributed by atoms with van der Waals surface area (Å²) in [6.07, 6.45) is 12.2. The molecule has 0 aliphatic heterocycles. The number of carbonyl (C=O) groups is 1. The minimum Gasteiger partial charge on any atom is -0.356 e. The van der Waals surface area contributed by atoms with Crippen molar-refractivity contribution in [3.63, 3.8) is 0 Å². The average Bonchev–Trinajstić information content (AvgIpc) is 3.29. The van der Waals surface area contributed by atoms with Crippen LogP contribution in [0.1, 0.15) is 55.5 Å². The zero-order valence-electron chi connectivity index (χ0n) is 19.3. The molecule has 0 saturated heterocycles. The van der Waals surface area contributed by atoms with E-state index < -0.39 is 0 Å². The van der Waals surface area contributed by atoms with Crippen LogP contribution in [0.3, 0.4) is 0 Å². The smallest absolute Gasteiger partial charge is 0.255 e. The van der Waals surface area contributed by atoms with Crippen LogP contribution < -0.4 is 10.2 Å². The molecule has 0 aliphatic rings. The quantitative estimate of drug-likeness (QED) is 0.398. The molecule has 0 bridgehead atoms. The first-order chi connectivity index (χ1) is 15.5. The van der Waals surface area contributed by atoms with E-state index in [-0.39, 0.29) is 5.91 Å². The molecule has 0 fully saturated rings. The molecule has 2 heterocycles. The van der Waals surface area contributed by atoms with Gasteiger partial charge in [-0.2, -0.15) is 0 Å². The summed E-state index contributed by atoms with van der Waals surface area (Å²) in [7, 11) is 2.11. The van der Waals surface area contributed by atoms with Gasteiger partial charge in [-0.05, 0) is 56.4 Å². The predicted molar refractivity (Wildman–Crippen MR) is 132 cm³/mol. The number of H-pyrrole nitrogens is 1. The van der Waals surface area contributed by atoms with Crippen LogP contribution in [0.15, 0.2) is 67.3 Å². The van der Waals surface area contributed by atoms with Gasteiger partial charge in [0, 0.05) is 37.0 Å². The molecule has 0 aliphatic carbocycles. The van der Waals surface area contributed by atoms with E-state index in [4.69, 9.17) is 0 Å². The van der Waals surface area contributed by atoms with Crippen LogP contribution in [0.5, 0.6) is 0 Å². The topological polar surface area (TPSA) is 73.9 Å². The Morgan fingerprint density at radius 3 is 2.75 bits per heavy atom. The first kappa shape index (κ1) is 23.3. The van der Waals surface area contributed by atoms with E-state index in [1.54, 1.807) is 6.33 Å². The SMILES string of the molecule is C=C(C/C=C\C)NC(=O)c1ccc(CCCC(CC)N(C)c2ncnc3[nH]ccc23)cc1.